The van der Waals surface area contributed by atoms with Gasteiger partial charge in [0.25, 0.3) is 0 Å². The van der Waals surface area contributed by atoms with Crippen LogP contribution in [0.25, 0.3) is 0 Å². The molecule has 3 unspecified atom stereocenters. The van der Waals surface area contributed by atoms with Crippen LogP contribution in [0.4, 0.5) is 0 Å². The van der Waals surface area contributed by atoms with Crippen LogP contribution in [0.3, 0.4) is 0 Å². The third kappa shape index (κ3) is 3.35. The molecule has 1 N–H and O–H groups in total. The molecule has 1 aliphatic heterocycles. The van der Waals surface area contributed by atoms with Crippen molar-refractivity contribution in [3.8, 4) is 0 Å². The van der Waals surface area contributed by atoms with Gasteiger partial charge in [0.05, 0.1) is 30.7 Å². The zero-order valence-electron chi connectivity index (χ0n) is 11.9. The molecular formula is C14H25NO4S. The average molecular weight is 303 g/mol. The minimum atomic E-state index is -3.17. The second kappa shape index (κ2) is 6.30. The highest BCUT2D eigenvalue weighted by Gasteiger charge is 2.37. The van der Waals surface area contributed by atoms with Crippen molar-refractivity contribution in [2.75, 3.05) is 13.2 Å². The lowest BCUT2D eigenvalue weighted by atomic mass is 9.90. The smallest absolute Gasteiger partial charge is 0.214 e. The summed E-state index contributed by atoms with van der Waals surface area (Å²) in [6.07, 6.45) is 7.60. The Morgan fingerprint density at radius 1 is 0.850 bits per heavy atom. The van der Waals surface area contributed by atoms with Crippen molar-refractivity contribution in [2.24, 2.45) is 0 Å². The van der Waals surface area contributed by atoms with Crippen LogP contribution in [0, 0.1) is 0 Å². The number of nitrogens with one attached hydrogen (secondary N) is 1. The maximum atomic E-state index is 12.4. The molecule has 3 rings (SSSR count). The van der Waals surface area contributed by atoms with E-state index in [0.29, 0.717) is 13.2 Å². The standard InChI is InChI=1S/C14H25NO4S/c16-20(17,12-4-2-1-3-5-12)15-11-6-7-13-14(10-11)19-9-8-18-13/h11-15H,1-10H2. The Hall–Kier alpha value is -0.170. The van der Waals surface area contributed by atoms with Crippen LogP contribution >= 0.6 is 0 Å². The van der Waals surface area contributed by atoms with Crippen LogP contribution < -0.4 is 4.72 Å². The molecule has 2 saturated carbocycles. The molecule has 0 aromatic carbocycles. The first-order valence-corrected chi connectivity index (χ1v) is 9.44. The Morgan fingerprint density at radius 3 is 2.30 bits per heavy atom. The first-order valence-electron chi connectivity index (χ1n) is 7.89. The zero-order valence-corrected chi connectivity index (χ0v) is 12.7. The fourth-order valence-electron chi connectivity index (χ4n) is 3.68. The van der Waals surface area contributed by atoms with Crippen molar-refractivity contribution in [3.63, 3.8) is 0 Å². The summed E-state index contributed by atoms with van der Waals surface area (Å²) in [4.78, 5) is 0. The molecule has 2 aliphatic carbocycles. The van der Waals surface area contributed by atoms with Gasteiger partial charge >= 0.3 is 0 Å². The number of rotatable bonds is 3. The van der Waals surface area contributed by atoms with E-state index in [4.69, 9.17) is 9.47 Å². The van der Waals surface area contributed by atoms with E-state index in [2.05, 4.69) is 4.72 Å². The van der Waals surface area contributed by atoms with Crippen LogP contribution in [-0.4, -0.2) is 45.1 Å². The molecule has 0 spiro atoms. The van der Waals surface area contributed by atoms with E-state index in [1.807, 2.05) is 0 Å². The Morgan fingerprint density at radius 2 is 1.55 bits per heavy atom. The van der Waals surface area contributed by atoms with E-state index < -0.39 is 10.0 Å². The van der Waals surface area contributed by atoms with E-state index in [0.717, 1.165) is 44.9 Å². The average Bonchev–Trinajstić information content (AvgIpc) is 2.48. The summed E-state index contributed by atoms with van der Waals surface area (Å²) in [6.45, 7) is 1.29. The molecule has 3 aliphatic rings. The highest BCUT2D eigenvalue weighted by Crippen LogP contribution is 2.29. The van der Waals surface area contributed by atoms with Crippen LogP contribution in [0.2, 0.25) is 0 Å². The van der Waals surface area contributed by atoms with Crippen LogP contribution in [0.1, 0.15) is 51.4 Å². The van der Waals surface area contributed by atoms with Gasteiger partial charge in [-0.05, 0) is 32.1 Å². The Balaban J connectivity index is 1.57. The van der Waals surface area contributed by atoms with Gasteiger partial charge in [0.1, 0.15) is 0 Å². The lowest BCUT2D eigenvalue weighted by Gasteiger charge is -2.39. The Bertz CT molecular complexity index is 419. The third-order valence-corrected chi connectivity index (χ3v) is 6.81. The summed E-state index contributed by atoms with van der Waals surface area (Å²) in [5.74, 6) is 0. The van der Waals surface area contributed by atoms with Crippen LogP contribution in [0.5, 0.6) is 0 Å². The zero-order chi connectivity index (χ0) is 14.0. The number of ether oxygens (including phenoxy) is 2. The first-order chi connectivity index (χ1) is 9.65. The summed E-state index contributed by atoms with van der Waals surface area (Å²) in [5.41, 5.74) is 0. The van der Waals surface area contributed by atoms with Gasteiger partial charge in [0, 0.05) is 6.04 Å². The van der Waals surface area contributed by atoms with Gasteiger partial charge in [-0.1, -0.05) is 19.3 Å². The van der Waals surface area contributed by atoms with Crippen molar-refractivity contribution < 1.29 is 17.9 Å². The van der Waals surface area contributed by atoms with Crippen molar-refractivity contribution >= 4 is 10.0 Å². The van der Waals surface area contributed by atoms with Crippen molar-refractivity contribution in [2.45, 2.75) is 74.9 Å². The second-order valence-electron chi connectivity index (χ2n) is 6.25. The molecule has 1 saturated heterocycles. The van der Waals surface area contributed by atoms with Gasteiger partial charge in [-0.2, -0.15) is 0 Å². The molecule has 20 heavy (non-hydrogen) atoms. The third-order valence-electron chi connectivity index (χ3n) is 4.80. The van der Waals surface area contributed by atoms with Crippen molar-refractivity contribution in [1.29, 1.82) is 0 Å². The predicted molar refractivity (Wildman–Crippen MR) is 76.0 cm³/mol. The molecule has 3 fully saturated rings. The predicted octanol–water partition coefficient (Wildman–Crippen LogP) is 1.57. The molecule has 0 radical (unpaired) electrons. The van der Waals surface area contributed by atoms with E-state index in [-0.39, 0.29) is 23.5 Å². The number of hydrogen-bond donors (Lipinski definition) is 1. The van der Waals surface area contributed by atoms with Crippen molar-refractivity contribution in [1.82, 2.24) is 4.72 Å². The monoisotopic (exact) mass is 303 g/mol. The largest absolute Gasteiger partial charge is 0.373 e. The van der Waals surface area contributed by atoms with Crippen molar-refractivity contribution in [3.05, 3.63) is 0 Å². The Kier molecular flexibility index (Phi) is 4.65. The summed E-state index contributed by atoms with van der Waals surface area (Å²) < 4.78 is 39.2. The maximum absolute atomic E-state index is 12.4. The molecule has 1 heterocycles. The van der Waals surface area contributed by atoms with Crippen LogP contribution in [-0.2, 0) is 19.5 Å². The fourth-order valence-corrected chi connectivity index (χ4v) is 5.50. The molecular weight excluding hydrogens is 278 g/mol. The molecule has 0 amide bonds. The minimum Gasteiger partial charge on any atom is -0.373 e. The summed E-state index contributed by atoms with van der Waals surface area (Å²) in [5, 5.41) is -0.183. The maximum Gasteiger partial charge on any atom is 0.214 e. The second-order valence-corrected chi connectivity index (χ2v) is 8.24. The highest BCUT2D eigenvalue weighted by molar-refractivity contribution is 7.90. The van der Waals surface area contributed by atoms with Gasteiger partial charge in [0.15, 0.2) is 0 Å². The van der Waals surface area contributed by atoms with Gasteiger partial charge in [-0.25, -0.2) is 13.1 Å². The minimum absolute atomic E-state index is 0.0184. The fraction of sp³-hybridized carbons (Fsp3) is 1.00. The normalized spacial score (nSPS) is 36.5. The van der Waals surface area contributed by atoms with E-state index in [9.17, 15) is 8.42 Å². The molecule has 116 valence electrons. The van der Waals surface area contributed by atoms with Gasteiger partial charge in [-0.3, -0.25) is 0 Å². The number of sulfonamides is 1. The lowest BCUT2D eigenvalue weighted by Crippen LogP contribution is -2.50. The quantitative estimate of drug-likeness (QED) is 0.859. The topological polar surface area (TPSA) is 64.6 Å². The summed E-state index contributed by atoms with van der Waals surface area (Å²) in [7, 11) is -3.17. The molecule has 6 heteroatoms. The number of hydrogen-bond acceptors (Lipinski definition) is 4. The van der Waals surface area contributed by atoms with Crippen LogP contribution in [0.15, 0.2) is 0 Å². The highest BCUT2D eigenvalue weighted by atomic mass is 32.2. The molecule has 0 bridgehead atoms. The molecule has 0 aromatic heterocycles. The van der Waals surface area contributed by atoms with E-state index in [1.54, 1.807) is 0 Å². The number of fused-ring (bicyclic) bond motifs is 1. The summed E-state index contributed by atoms with van der Waals surface area (Å²) in [6, 6.07) is 0.0184. The molecule has 3 atom stereocenters. The van der Waals surface area contributed by atoms with E-state index in [1.165, 1.54) is 6.42 Å². The van der Waals surface area contributed by atoms with Gasteiger partial charge in [-0.15, -0.1) is 0 Å². The van der Waals surface area contributed by atoms with Gasteiger partial charge in [0.2, 0.25) is 10.0 Å². The Labute approximate surface area is 121 Å². The molecule has 5 nitrogen and oxygen atoms in total. The first kappa shape index (κ1) is 14.8. The summed E-state index contributed by atoms with van der Waals surface area (Å²) >= 11 is 0. The SMILES string of the molecule is O=S(=O)(NC1CCC2OCCOC2C1)C1CCCCC1. The van der Waals surface area contributed by atoms with Gasteiger partial charge < -0.3 is 9.47 Å². The van der Waals surface area contributed by atoms with E-state index >= 15 is 0 Å². The lowest BCUT2D eigenvalue weighted by molar-refractivity contribution is -0.156. The molecule has 0 aromatic rings.